The van der Waals surface area contributed by atoms with Gasteiger partial charge in [-0.3, -0.25) is 9.59 Å². The van der Waals surface area contributed by atoms with Gasteiger partial charge in [0.15, 0.2) is 0 Å². The smallest absolute Gasteiger partial charge is 0.385 e. The molecular weight excluding hydrogens is 428 g/mol. The van der Waals surface area contributed by atoms with E-state index in [1.165, 1.54) is 13.1 Å². The van der Waals surface area contributed by atoms with Crippen molar-refractivity contribution in [3.05, 3.63) is 76.1 Å². The molecule has 2 unspecified atom stereocenters. The lowest BCUT2D eigenvalue weighted by molar-refractivity contribution is -0.138. The van der Waals surface area contributed by atoms with E-state index >= 15 is 0 Å². The highest BCUT2D eigenvalue weighted by molar-refractivity contribution is 6.32. The Morgan fingerprint density at radius 2 is 1.77 bits per heavy atom. The number of hydrogen-bond acceptors (Lipinski definition) is 3. The minimum atomic E-state index is -5.01. The van der Waals surface area contributed by atoms with Crippen LogP contribution in [-0.4, -0.2) is 36.1 Å². The molecule has 0 spiro atoms. The summed E-state index contributed by atoms with van der Waals surface area (Å²) in [5.41, 5.74) is -1.84. The van der Waals surface area contributed by atoms with Crippen molar-refractivity contribution in [3.63, 3.8) is 0 Å². The number of alkyl halides is 3. The number of carbonyl (C=O) groups excluding carboxylic acids is 2. The zero-order valence-corrected chi connectivity index (χ0v) is 16.3. The molecule has 0 bridgehead atoms. The molecule has 0 aromatic heterocycles. The molecule has 0 aliphatic heterocycles. The third-order valence-corrected chi connectivity index (χ3v) is 4.38. The molecule has 3 N–H and O–H groups in total. The van der Waals surface area contributed by atoms with E-state index in [9.17, 15) is 32.3 Å². The summed E-state index contributed by atoms with van der Waals surface area (Å²) in [6, 6.07) is 8.26. The summed E-state index contributed by atoms with van der Waals surface area (Å²) in [6.45, 7) is 0. The molecule has 0 fully saturated rings. The van der Waals surface area contributed by atoms with Crippen molar-refractivity contribution >= 4 is 29.5 Å². The van der Waals surface area contributed by atoms with E-state index < -0.39 is 47.1 Å². The Bertz CT molecular complexity index is 949. The molecule has 2 atom stereocenters. The van der Waals surface area contributed by atoms with Crippen LogP contribution in [0.25, 0.3) is 6.08 Å². The molecule has 2 amide bonds. The monoisotopic (exact) mass is 444 g/mol. The molecular formula is C20H17ClF4N2O3. The molecule has 0 heterocycles. The summed E-state index contributed by atoms with van der Waals surface area (Å²) in [5.74, 6) is -3.42. The number of nitrogens with one attached hydrogen (secondary N) is 2. The number of rotatable bonds is 6. The largest absolute Gasteiger partial charge is 0.417 e. The van der Waals surface area contributed by atoms with Gasteiger partial charge < -0.3 is 15.7 Å². The molecule has 0 radical (unpaired) electrons. The van der Waals surface area contributed by atoms with Crippen LogP contribution < -0.4 is 10.6 Å². The average molecular weight is 445 g/mol. The van der Waals surface area contributed by atoms with Gasteiger partial charge in [0.05, 0.1) is 11.1 Å². The van der Waals surface area contributed by atoms with E-state index in [2.05, 4.69) is 5.32 Å². The second-order valence-corrected chi connectivity index (χ2v) is 6.57. The number of aliphatic hydroxyl groups excluding tert-OH is 1. The molecule has 0 aliphatic rings. The van der Waals surface area contributed by atoms with Gasteiger partial charge >= 0.3 is 6.18 Å². The normalized spacial score (nSPS) is 14.0. The molecule has 0 saturated heterocycles. The van der Waals surface area contributed by atoms with Crippen LogP contribution in [0.15, 0.2) is 53.6 Å². The predicted octanol–water partition coefficient (Wildman–Crippen LogP) is 3.33. The molecule has 2 aromatic carbocycles. The molecule has 10 heteroatoms. The number of carbonyl (C=O) groups is 2. The Labute approximate surface area is 174 Å². The summed E-state index contributed by atoms with van der Waals surface area (Å²) in [4.78, 5) is 24.6. The first-order valence-corrected chi connectivity index (χ1v) is 8.91. The van der Waals surface area contributed by atoms with Crippen LogP contribution in [0.2, 0.25) is 0 Å². The van der Waals surface area contributed by atoms with Gasteiger partial charge in [-0.05, 0) is 29.8 Å². The molecule has 0 aliphatic carbocycles. The Hall–Kier alpha value is -2.91. The predicted molar refractivity (Wildman–Crippen MR) is 103 cm³/mol. The van der Waals surface area contributed by atoms with Crippen LogP contribution in [0.5, 0.6) is 0 Å². The standard InChI is InChI=1S/C20H17ClF4N2O3/c1-26-19(30)16(17(28)15(21)9-11-5-3-2-4-6-11)27-18(29)13-8-7-12(22)10-14(13)20(23,24)25/h2-10,16-17,28H,1H3,(H,26,30)(H,27,29)/b15-9-. The maximum Gasteiger partial charge on any atom is 0.417 e. The van der Waals surface area contributed by atoms with Crippen LogP contribution in [0.4, 0.5) is 17.6 Å². The van der Waals surface area contributed by atoms with Gasteiger partial charge in [-0.15, -0.1) is 0 Å². The van der Waals surface area contributed by atoms with Gasteiger partial charge in [0.25, 0.3) is 5.91 Å². The molecule has 5 nitrogen and oxygen atoms in total. The minimum absolute atomic E-state index is 0.169. The van der Waals surface area contributed by atoms with Crippen LogP contribution >= 0.6 is 11.6 Å². The molecule has 30 heavy (non-hydrogen) atoms. The van der Waals surface area contributed by atoms with E-state index in [0.29, 0.717) is 17.7 Å². The summed E-state index contributed by atoms with van der Waals surface area (Å²) in [7, 11) is 1.21. The number of amides is 2. The fraction of sp³-hybridized carbons (Fsp3) is 0.200. The third kappa shape index (κ3) is 5.80. The molecule has 2 aromatic rings. The van der Waals surface area contributed by atoms with Crippen molar-refractivity contribution in [1.82, 2.24) is 10.6 Å². The summed E-state index contributed by atoms with van der Waals surface area (Å²) >= 11 is 6.07. The Kier molecular flexibility index (Phi) is 7.58. The van der Waals surface area contributed by atoms with Gasteiger partial charge in [0, 0.05) is 12.1 Å². The zero-order chi connectivity index (χ0) is 22.5. The van der Waals surface area contributed by atoms with Crippen molar-refractivity contribution in [3.8, 4) is 0 Å². The summed E-state index contributed by atoms with van der Waals surface area (Å²) < 4.78 is 52.8. The van der Waals surface area contributed by atoms with Gasteiger partial charge in [0.2, 0.25) is 5.91 Å². The second-order valence-electron chi connectivity index (χ2n) is 6.14. The van der Waals surface area contributed by atoms with Gasteiger partial charge in [-0.25, -0.2) is 4.39 Å². The van der Waals surface area contributed by atoms with Crippen molar-refractivity contribution in [2.45, 2.75) is 18.3 Å². The number of hydrogen-bond donors (Lipinski definition) is 3. The first-order chi connectivity index (χ1) is 14.0. The highest BCUT2D eigenvalue weighted by Crippen LogP contribution is 2.32. The fourth-order valence-electron chi connectivity index (χ4n) is 2.56. The fourth-order valence-corrected chi connectivity index (χ4v) is 2.82. The Morgan fingerprint density at radius 1 is 1.13 bits per heavy atom. The Balaban J connectivity index is 2.35. The Morgan fingerprint density at radius 3 is 2.33 bits per heavy atom. The number of likely N-dealkylation sites (N-methyl/N-ethyl adjacent to an activating group) is 1. The third-order valence-electron chi connectivity index (χ3n) is 4.05. The maximum absolute atomic E-state index is 13.3. The van der Waals surface area contributed by atoms with Crippen molar-refractivity contribution in [2.75, 3.05) is 7.05 Å². The van der Waals surface area contributed by atoms with Gasteiger partial charge in [-0.1, -0.05) is 41.9 Å². The van der Waals surface area contributed by atoms with E-state index in [-0.39, 0.29) is 11.1 Å². The molecule has 160 valence electrons. The van der Waals surface area contributed by atoms with Crippen molar-refractivity contribution in [2.24, 2.45) is 0 Å². The average Bonchev–Trinajstić information content (AvgIpc) is 2.70. The molecule has 0 saturated carbocycles. The maximum atomic E-state index is 13.3. The quantitative estimate of drug-likeness (QED) is 0.598. The SMILES string of the molecule is CNC(=O)C(NC(=O)c1ccc(F)cc1C(F)(F)F)C(O)/C(Cl)=C/c1ccccc1. The van der Waals surface area contributed by atoms with E-state index in [1.807, 2.05) is 5.32 Å². The number of aliphatic hydroxyl groups is 1. The van der Waals surface area contributed by atoms with Crippen LogP contribution in [-0.2, 0) is 11.0 Å². The highest BCUT2D eigenvalue weighted by Gasteiger charge is 2.37. The number of benzene rings is 2. The highest BCUT2D eigenvalue weighted by atomic mass is 35.5. The number of halogens is 5. The lowest BCUT2D eigenvalue weighted by Crippen LogP contribution is -2.53. The van der Waals surface area contributed by atoms with E-state index in [4.69, 9.17) is 11.6 Å². The topological polar surface area (TPSA) is 78.4 Å². The first-order valence-electron chi connectivity index (χ1n) is 8.54. The summed E-state index contributed by atoms with van der Waals surface area (Å²) in [6.07, 6.45) is -5.43. The lowest BCUT2D eigenvalue weighted by Gasteiger charge is -2.23. The summed E-state index contributed by atoms with van der Waals surface area (Å²) in [5, 5.41) is 14.4. The van der Waals surface area contributed by atoms with Crippen LogP contribution in [0.1, 0.15) is 21.5 Å². The van der Waals surface area contributed by atoms with Crippen molar-refractivity contribution in [1.29, 1.82) is 0 Å². The van der Waals surface area contributed by atoms with Crippen LogP contribution in [0.3, 0.4) is 0 Å². The van der Waals surface area contributed by atoms with Gasteiger partial charge in [-0.2, -0.15) is 13.2 Å². The van der Waals surface area contributed by atoms with E-state index in [1.54, 1.807) is 30.3 Å². The van der Waals surface area contributed by atoms with Gasteiger partial charge in [0.1, 0.15) is 18.0 Å². The zero-order valence-electron chi connectivity index (χ0n) is 15.5. The van der Waals surface area contributed by atoms with Crippen molar-refractivity contribution < 1.29 is 32.3 Å². The minimum Gasteiger partial charge on any atom is -0.385 e. The molecule has 2 rings (SSSR count). The van der Waals surface area contributed by atoms with Crippen LogP contribution in [0, 0.1) is 5.82 Å². The second kappa shape index (κ2) is 9.73. The lowest BCUT2D eigenvalue weighted by atomic mass is 10.0. The van der Waals surface area contributed by atoms with E-state index in [0.717, 1.165) is 0 Å². The first kappa shape index (κ1) is 23.4.